The summed E-state index contributed by atoms with van der Waals surface area (Å²) in [7, 11) is 0. The highest BCUT2D eigenvalue weighted by atomic mass is 16.1. The molecule has 4 aromatic carbocycles. The van der Waals surface area contributed by atoms with Crippen LogP contribution in [-0.4, -0.2) is 5.78 Å². The molecule has 0 aromatic heterocycles. The number of benzene rings is 4. The third-order valence-corrected chi connectivity index (χ3v) is 5.29. The molecule has 1 unspecified atom stereocenters. The fourth-order valence-electron chi connectivity index (χ4n) is 3.85. The molecule has 0 aliphatic heterocycles. The molecule has 0 N–H and O–H groups in total. The predicted octanol–water partition coefficient (Wildman–Crippen LogP) is 6.50. The lowest BCUT2D eigenvalue weighted by Gasteiger charge is -2.19. The van der Waals surface area contributed by atoms with E-state index >= 15 is 0 Å². The lowest BCUT2D eigenvalue weighted by molar-refractivity contribution is 0.0975. The van der Waals surface area contributed by atoms with Gasteiger partial charge in [-0.1, -0.05) is 84.9 Å². The van der Waals surface area contributed by atoms with Gasteiger partial charge in [0.1, 0.15) is 0 Å². The topological polar surface area (TPSA) is 17.1 Å². The standard InChI is InChI=1S/C26H18O/c27-26-24(19-9-5-2-6-10-19)14-13-22-16-23-15-20(18-7-3-1-4-8-18)11-12-21(23)17-25(22)26/h1-17,24H. The molecule has 128 valence electrons. The van der Waals surface area contributed by atoms with Gasteiger partial charge in [-0.2, -0.15) is 0 Å². The maximum absolute atomic E-state index is 13.1. The molecule has 1 aliphatic carbocycles. The number of fused-ring (bicyclic) bond motifs is 2. The number of rotatable bonds is 2. The van der Waals surface area contributed by atoms with Crippen molar-refractivity contribution in [3.05, 3.63) is 114 Å². The predicted molar refractivity (Wildman–Crippen MR) is 112 cm³/mol. The minimum Gasteiger partial charge on any atom is -0.293 e. The maximum atomic E-state index is 13.1. The molecule has 4 aromatic rings. The molecule has 1 atom stereocenters. The Morgan fingerprint density at radius 1 is 0.630 bits per heavy atom. The first-order chi connectivity index (χ1) is 13.3. The van der Waals surface area contributed by atoms with Crippen LogP contribution in [0.2, 0.25) is 0 Å². The van der Waals surface area contributed by atoms with Crippen molar-refractivity contribution < 1.29 is 4.79 Å². The smallest absolute Gasteiger partial charge is 0.174 e. The SMILES string of the molecule is O=C1c2cc3ccc(-c4ccccc4)cc3cc2C=CC1c1ccccc1. The molecule has 0 amide bonds. The van der Waals surface area contributed by atoms with E-state index in [4.69, 9.17) is 0 Å². The van der Waals surface area contributed by atoms with Crippen LogP contribution < -0.4 is 0 Å². The van der Waals surface area contributed by atoms with Gasteiger partial charge in [0.2, 0.25) is 0 Å². The Labute approximate surface area is 158 Å². The van der Waals surface area contributed by atoms with Crippen molar-refractivity contribution in [2.75, 3.05) is 0 Å². The molecule has 0 spiro atoms. The molecule has 0 heterocycles. The van der Waals surface area contributed by atoms with Crippen LogP contribution in [0.1, 0.15) is 27.4 Å². The molecule has 1 nitrogen and oxygen atoms in total. The van der Waals surface area contributed by atoms with E-state index in [1.54, 1.807) is 0 Å². The molecular weight excluding hydrogens is 328 g/mol. The van der Waals surface area contributed by atoms with Gasteiger partial charge >= 0.3 is 0 Å². The first-order valence-electron chi connectivity index (χ1n) is 9.20. The van der Waals surface area contributed by atoms with Crippen LogP contribution in [0.4, 0.5) is 0 Å². The number of Topliss-reactive ketones (excluding diaryl/α,β-unsaturated/α-hetero) is 1. The molecule has 0 radical (unpaired) electrons. The highest BCUT2D eigenvalue weighted by molar-refractivity contribution is 6.10. The van der Waals surface area contributed by atoms with Gasteiger partial charge in [-0.25, -0.2) is 0 Å². The molecule has 1 aliphatic rings. The second kappa shape index (κ2) is 6.37. The van der Waals surface area contributed by atoms with E-state index < -0.39 is 0 Å². The zero-order chi connectivity index (χ0) is 18.2. The molecule has 0 fully saturated rings. The van der Waals surface area contributed by atoms with Gasteiger partial charge in [-0.15, -0.1) is 0 Å². The van der Waals surface area contributed by atoms with E-state index in [1.807, 2.05) is 48.5 Å². The highest BCUT2D eigenvalue weighted by Crippen LogP contribution is 2.34. The van der Waals surface area contributed by atoms with Crippen molar-refractivity contribution in [3.8, 4) is 11.1 Å². The van der Waals surface area contributed by atoms with Gasteiger partial charge in [-0.3, -0.25) is 4.79 Å². The summed E-state index contributed by atoms with van der Waals surface area (Å²) >= 11 is 0. The summed E-state index contributed by atoms with van der Waals surface area (Å²) in [5, 5.41) is 2.26. The van der Waals surface area contributed by atoms with Crippen molar-refractivity contribution in [3.63, 3.8) is 0 Å². The van der Waals surface area contributed by atoms with Crippen LogP contribution >= 0.6 is 0 Å². The summed E-state index contributed by atoms with van der Waals surface area (Å²) in [6.45, 7) is 0. The van der Waals surface area contributed by atoms with Crippen LogP contribution in [0.5, 0.6) is 0 Å². The van der Waals surface area contributed by atoms with Crippen LogP contribution in [-0.2, 0) is 0 Å². The Bertz CT molecular complexity index is 1170. The fraction of sp³-hybridized carbons (Fsp3) is 0.0385. The fourth-order valence-corrected chi connectivity index (χ4v) is 3.85. The maximum Gasteiger partial charge on any atom is 0.174 e. The first kappa shape index (κ1) is 15.8. The minimum absolute atomic E-state index is 0.174. The molecular formula is C26H18O. The number of carbonyl (C=O) groups is 1. The monoisotopic (exact) mass is 346 g/mol. The van der Waals surface area contributed by atoms with Gasteiger partial charge in [0.15, 0.2) is 5.78 Å². The zero-order valence-electron chi connectivity index (χ0n) is 14.8. The Kier molecular flexibility index (Phi) is 3.72. The Morgan fingerprint density at radius 3 is 2.15 bits per heavy atom. The zero-order valence-corrected chi connectivity index (χ0v) is 14.8. The molecule has 1 heteroatoms. The molecule has 0 saturated carbocycles. The number of allylic oxidation sites excluding steroid dienone is 1. The van der Waals surface area contributed by atoms with Crippen LogP contribution in [0.15, 0.2) is 97.1 Å². The average Bonchev–Trinajstić information content (AvgIpc) is 2.74. The van der Waals surface area contributed by atoms with Gasteiger partial charge in [0, 0.05) is 5.56 Å². The highest BCUT2D eigenvalue weighted by Gasteiger charge is 2.25. The summed E-state index contributed by atoms with van der Waals surface area (Å²) < 4.78 is 0. The summed E-state index contributed by atoms with van der Waals surface area (Å²) in [6.07, 6.45) is 4.11. The van der Waals surface area contributed by atoms with Crippen molar-refractivity contribution >= 4 is 22.6 Å². The van der Waals surface area contributed by atoms with Gasteiger partial charge in [-0.05, 0) is 51.2 Å². The van der Waals surface area contributed by atoms with E-state index in [1.165, 1.54) is 11.1 Å². The van der Waals surface area contributed by atoms with Gasteiger partial charge in [0.25, 0.3) is 0 Å². The van der Waals surface area contributed by atoms with Crippen molar-refractivity contribution in [2.45, 2.75) is 5.92 Å². The lowest BCUT2D eigenvalue weighted by atomic mass is 9.83. The quantitative estimate of drug-likeness (QED) is 0.405. The molecule has 5 rings (SSSR count). The third-order valence-electron chi connectivity index (χ3n) is 5.29. The molecule has 27 heavy (non-hydrogen) atoms. The average molecular weight is 346 g/mol. The second-order valence-electron chi connectivity index (χ2n) is 6.98. The van der Waals surface area contributed by atoms with Crippen LogP contribution in [0.25, 0.3) is 28.0 Å². The van der Waals surface area contributed by atoms with Crippen molar-refractivity contribution in [1.82, 2.24) is 0 Å². The summed E-state index contributed by atoms with van der Waals surface area (Å²) in [6, 6.07) is 31.0. The summed E-state index contributed by atoms with van der Waals surface area (Å²) in [5.74, 6) is -0.0209. The van der Waals surface area contributed by atoms with Crippen molar-refractivity contribution in [1.29, 1.82) is 0 Å². The summed E-state index contributed by atoms with van der Waals surface area (Å²) in [4.78, 5) is 13.1. The van der Waals surface area contributed by atoms with Gasteiger partial charge < -0.3 is 0 Å². The van der Waals surface area contributed by atoms with Crippen LogP contribution in [0, 0.1) is 0 Å². The summed E-state index contributed by atoms with van der Waals surface area (Å²) in [5.41, 5.74) is 5.25. The van der Waals surface area contributed by atoms with E-state index in [0.717, 1.165) is 27.5 Å². The van der Waals surface area contributed by atoms with Gasteiger partial charge in [0.05, 0.1) is 5.92 Å². The Hall–Kier alpha value is -3.45. The van der Waals surface area contributed by atoms with E-state index in [0.29, 0.717) is 0 Å². The van der Waals surface area contributed by atoms with E-state index in [2.05, 4.69) is 54.6 Å². The van der Waals surface area contributed by atoms with E-state index in [-0.39, 0.29) is 11.7 Å². The number of ketones is 1. The minimum atomic E-state index is -0.195. The number of hydrogen-bond acceptors (Lipinski definition) is 1. The van der Waals surface area contributed by atoms with Crippen molar-refractivity contribution in [2.24, 2.45) is 0 Å². The van der Waals surface area contributed by atoms with E-state index in [9.17, 15) is 4.79 Å². The molecule has 0 bridgehead atoms. The van der Waals surface area contributed by atoms with Crippen LogP contribution in [0.3, 0.4) is 0 Å². The number of hydrogen-bond donors (Lipinski definition) is 0. The first-order valence-corrected chi connectivity index (χ1v) is 9.20. The number of carbonyl (C=O) groups excluding carboxylic acids is 1. The molecule has 0 saturated heterocycles. The lowest BCUT2D eigenvalue weighted by Crippen LogP contribution is -2.15. The largest absolute Gasteiger partial charge is 0.293 e. The second-order valence-corrected chi connectivity index (χ2v) is 6.98. The Balaban J connectivity index is 1.59. The third kappa shape index (κ3) is 2.78. The normalized spacial score (nSPS) is 15.7. The Morgan fingerprint density at radius 2 is 1.37 bits per heavy atom.